The third-order valence-corrected chi connectivity index (χ3v) is 8.86. The fourth-order valence-electron chi connectivity index (χ4n) is 3.50. The summed E-state index contributed by atoms with van der Waals surface area (Å²) in [5.41, 5.74) is 0. The number of hydrogen-bond donors (Lipinski definition) is 0. The molecule has 0 amide bonds. The lowest BCUT2D eigenvalue weighted by Crippen LogP contribution is -2.38. The van der Waals surface area contributed by atoms with Gasteiger partial charge in [-0.05, 0) is 48.5 Å². The normalized spacial score (nSPS) is 10.2. The van der Waals surface area contributed by atoms with E-state index in [2.05, 4.69) is 121 Å². The van der Waals surface area contributed by atoms with Gasteiger partial charge in [-0.2, -0.15) is 0 Å². The number of nitriles is 1. The zero-order valence-corrected chi connectivity index (χ0v) is 16.2. The van der Waals surface area contributed by atoms with Crippen LogP contribution in [0.3, 0.4) is 0 Å². The number of nitrogens with zero attached hydrogens (tertiary/aromatic N) is 1. The summed E-state index contributed by atoms with van der Waals surface area (Å²) < 4.78 is 0. The predicted molar refractivity (Wildman–Crippen MR) is 117 cm³/mol. The molecule has 0 saturated heterocycles. The van der Waals surface area contributed by atoms with Gasteiger partial charge in [0, 0.05) is 6.26 Å². The van der Waals surface area contributed by atoms with Gasteiger partial charge in [-0.1, -0.05) is 72.8 Å². The highest BCUT2D eigenvalue weighted by atomic mass is 31.2. The van der Waals surface area contributed by atoms with Crippen molar-refractivity contribution in [1.29, 1.82) is 5.26 Å². The van der Waals surface area contributed by atoms with E-state index in [-0.39, 0.29) is 0 Å². The van der Waals surface area contributed by atoms with Crippen molar-refractivity contribution in [3.63, 3.8) is 0 Å². The fourth-order valence-corrected chi connectivity index (χ4v) is 7.77. The first-order valence-electron chi connectivity index (χ1n) is 8.96. The van der Waals surface area contributed by atoms with Crippen LogP contribution in [0.2, 0.25) is 0 Å². The van der Waals surface area contributed by atoms with E-state index in [0.717, 1.165) is 0 Å². The van der Waals surface area contributed by atoms with Gasteiger partial charge in [0.1, 0.15) is 28.5 Å². The van der Waals surface area contributed by atoms with Crippen molar-refractivity contribution in [3.05, 3.63) is 121 Å². The largest absolute Gasteiger partial charge is 0.812 e. The first kappa shape index (κ1) is 19.4. The van der Waals surface area contributed by atoms with Crippen molar-refractivity contribution in [1.82, 2.24) is 0 Å². The molecule has 0 aromatic heterocycles. The second-order valence-electron chi connectivity index (χ2n) is 6.10. The average molecular weight is 381 g/mol. The highest BCUT2D eigenvalue weighted by Crippen LogP contribution is 2.53. The quantitative estimate of drug-likeness (QED) is 0.403. The molecule has 0 fully saturated rings. The Hall–Kier alpha value is -3.40. The van der Waals surface area contributed by atoms with Crippen LogP contribution >= 0.6 is 7.26 Å². The molecule has 0 saturated carbocycles. The van der Waals surface area contributed by atoms with Gasteiger partial charge in [0.2, 0.25) is 0 Å². The molecule has 4 aromatic carbocycles. The van der Waals surface area contributed by atoms with Crippen LogP contribution in [-0.4, -0.2) is 0 Å². The Morgan fingerprint density at radius 1 is 0.464 bits per heavy atom. The topological polar surface area (TPSA) is 46.8 Å². The molecule has 3 heteroatoms. The van der Waals surface area contributed by atoms with E-state index in [1.165, 1.54) is 21.2 Å². The highest BCUT2D eigenvalue weighted by molar-refractivity contribution is 8.01. The Morgan fingerprint density at radius 2 is 0.643 bits per heavy atom. The van der Waals surface area contributed by atoms with Crippen LogP contribution in [0.4, 0.5) is 0 Å². The Balaban J connectivity index is 0.000000706. The van der Waals surface area contributed by atoms with E-state index >= 15 is 0 Å². The molecule has 0 aliphatic heterocycles. The molecule has 2 nitrogen and oxygen atoms in total. The van der Waals surface area contributed by atoms with Gasteiger partial charge < -0.3 is 5.11 Å². The monoisotopic (exact) mass is 381 g/mol. The van der Waals surface area contributed by atoms with E-state index in [4.69, 9.17) is 10.4 Å². The van der Waals surface area contributed by atoms with Crippen LogP contribution in [0.25, 0.3) is 0 Å². The summed E-state index contributed by atoms with van der Waals surface area (Å²) in [6, 6.07) is 43.8. The van der Waals surface area contributed by atoms with Crippen LogP contribution < -0.4 is 26.3 Å². The summed E-state index contributed by atoms with van der Waals surface area (Å²) in [4.78, 5) is 0. The lowest BCUT2D eigenvalue weighted by atomic mass is 10.3. The van der Waals surface area contributed by atoms with Gasteiger partial charge in [-0.3, -0.25) is 0 Å². The van der Waals surface area contributed by atoms with Gasteiger partial charge in [0.15, 0.2) is 0 Å². The Bertz CT molecular complexity index is 850. The van der Waals surface area contributed by atoms with Crippen molar-refractivity contribution < 1.29 is 5.11 Å². The SMILES string of the molecule is N#C[O-].c1ccc([P+](c2ccccc2)(c2ccccc2)c2ccccc2)cc1. The average Bonchev–Trinajstić information content (AvgIpc) is 2.78. The molecule has 0 spiro atoms. The van der Waals surface area contributed by atoms with E-state index in [1.807, 2.05) is 0 Å². The van der Waals surface area contributed by atoms with Gasteiger partial charge >= 0.3 is 0 Å². The molecule has 136 valence electrons. The summed E-state index contributed by atoms with van der Waals surface area (Å²) >= 11 is 0. The second-order valence-corrected chi connectivity index (χ2v) is 9.51. The number of hydrogen-bond acceptors (Lipinski definition) is 2. The van der Waals surface area contributed by atoms with Gasteiger partial charge in [0.05, 0.1) is 0 Å². The molecule has 4 rings (SSSR count). The Morgan fingerprint density at radius 3 is 0.821 bits per heavy atom. The van der Waals surface area contributed by atoms with Crippen LogP contribution in [0.15, 0.2) is 121 Å². The molecular formula is C25H20NOP. The summed E-state index contributed by atoms with van der Waals surface area (Å²) in [6.45, 7) is 0. The predicted octanol–water partition coefficient (Wildman–Crippen LogP) is 3.13. The molecule has 0 aliphatic rings. The van der Waals surface area contributed by atoms with Crippen LogP contribution in [-0.2, 0) is 0 Å². The molecule has 0 unspecified atom stereocenters. The van der Waals surface area contributed by atoms with Gasteiger partial charge in [0.25, 0.3) is 0 Å². The highest BCUT2D eigenvalue weighted by Gasteiger charge is 2.47. The lowest BCUT2D eigenvalue weighted by Gasteiger charge is -2.27. The van der Waals surface area contributed by atoms with Crippen molar-refractivity contribution in [2.75, 3.05) is 0 Å². The molecule has 0 N–H and O–H groups in total. The van der Waals surface area contributed by atoms with E-state index in [9.17, 15) is 0 Å². The number of benzene rings is 4. The first-order chi connectivity index (χ1) is 13.8. The zero-order valence-electron chi connectivity index (χ0n) is 15.3. The second kappa shape index (κ2) is 9.51. The van der Waals surface area contributed by atoms with Crippen molar-refractivity contribution in [2.45, 2.75) is 0 Å². The van der Waals surface area contributed by atoms with E-state index in [0.29, 0.717) is 6.26 Å². The minimum absolute atomic E-state index is 0.500. The third-order valence-electron chi connectivity index (χ3n) is 4.57. The van der Waals surface area contributed by atoms with E-state index in [1.54, 1.807) is 0 Å². The molecule has 0 aliphatic carbocycles. The van der Waals surface area contributed by atoms with Crippen molar-refractivity contribution in [3.8, 4) is 6.26 Å². The standard InChI is InChI=1S/C24H20P.CHNO/c1-5-13-21(14-6-1)25(22-15-7-2-8-16-22,23-17-9-3-10-18-23)24-19-11-4-12-20-24;2-1-3/h1-20H;3H/q+1;/p-1. The molecule has 4 aromatic rings. The van der Waals surface area contributed by atoms with Crippen LogP contribution in [0.5, 0.6) is 0 Å². The minimum Gasteiger partial charge on any atom is -0.812 e. The Kier molecular flexibility index (Phi) is 6.58. The number of rotatable bonds is 4. The Labute approximate surface area is 166 Å². The first-order valence-corrected chi connectivity index (χ1v) is 10.8. The molecule has 0 bridgehead atoms. The van der Waals surface area contributed by atoms with Crippen molar-refractivity contribution >= 4 is 28.5 Å². The summed E-state index contributed by atoms with van der Waals surface area (Å²) in [5.74, 6) is 0. The van der Waals surface area contributed by atoms with Crippen molar-refractivity contribution in [2.24, 2.45) is 0 Å². The van der Waals surface area contributed by atoms with Crippen LogP contribution in [0, 0.1) is 11.5 Å². The third kappa shape index (κ3) is 3.81. The summed E-state index contributed by atoms with van der Waals surface area (Å²) in [7, 11) is -1.91. The molecule has 28 heavy (non-hydrogen) atoms. The lowest BCUT2D eigenvalue weighted by molar-refractivity contribution is -0.252. The summed E-state index contributed by atoms with van der Waals surface area (Å²) in [5, 5.41) is 20.6. The maximum Gasteiger partial charge on any atom is 0.144 e. The molecule has 0 atom stereocenters. The zero-order chi connectivity index (χ0) is 19.7. The molecule has 0 heterocycles. The fraction of sp³-hybridized carbons (Fsp3) is 0. The summed E-state index contributed by atoms with van der Waals surface area (Å²) in [6.07, 6.45) is 0.500. The van der Waals surface area contributed by atoms with Crippen LogP contribution in [0.1, 0.15) is 0 Å². The smallest absolute Gasteiger partial charge is 0.144 e. The maximum atomic E-state index is 8.24. The minimum atomic E-state index is -1.91. The maximum absolute atomic E-state index is 8.24. The molecule has 0 radical (unpaired) electrons. The van der Waals surface area contributed by atoms with E-state index < -0.39 is 7.26 Å². The molecular weight excluding hydrogens is 361 g/mol. The van der Waals surface area contributed by atoms with Gasteiger partial charge in [-0.15, -0.1) is 0 Å². The van der Waals surface area contributed by atoms with Gasteiger partial charge in [-0.25, -0.2) is 5.26 Å².